The minimum absolute atomic E-state index is 0.0828. The summed E-state index contributed by atoms with van der Waals surface area (Å²) in [5.41, 5.74) is 6.30. The first kappa shape index (κ1) is 15.4. The molecule has 0 spiro atoms. The summed E-state index contributed by atoms with van der Waals surface area (Å²) >= 11 is 5.85. The molecule has 0 bridgehead atoms. The highest BCUT2D eigenvalue weighted by Gasteiger charge is 2.31. The van der Waals surface area contributed by atoms with Gasteiger partial charge in [-0.05, 0) is 30.7 Å². The van der Waals surface area contributed by atoms with Crippen LogP contribution in [-0.2, 0) is 6.18 Å². The van der Waals surface area contributed by atoms with Gasteiger partial charge in [-0.3, -0.25) is 0 Å². The second-order valence-electron chi connectivity index (χ2n) is 4.59. The average molecular weight is 316 g/mol. The molecule has 0 aliphatic heterocycles. The summed E-state index contributed by atoms with van der Waals surface area (Å²) < 4.78 is 37.6. The summed E-state index contributed by atoms with van der Waals surface area (Å²) in [6.07, 6.45) is -3.71. The van der Waals surface area contributed by atoms with Crippen molar-refractivity contribution < 1.29 is 13.2 Å². The molecule has 3 N–H and O–H groups in total. The van der Waals surface area contributed by atoms with Gasteiger partial charge in [0.25, 0.3) is 0 Å². The maximum absolute atomic E-state index is 12.5. The number of pyridine rings is 1. The maximum atomic E-state index is 12.5. The zero-order chi connectivity index (χ0) is 15.6. The quantitative estimate of drug-likeness (QED) is 0.819. The minimum atomic E-state index is -4.46. The number of benzene rings is 1. The van der Waals surface area contributed by atoms with Gasteiger partial charge in [-0.1, -0.05) is 23.7 Å². The molecule has 0 aliphatic carbocycles. The molecule has 0 saturated carbocycles. The molecule has 1 atom stereocenters. The molecule has 3 nitrogen and oxygen atoms in total. The lowest BCUT2D eigenvalue weighted by Crippen LogP contribution is -2.11. The summed E-state index contributed by atoms with van der Waals surface area (Å²) in [6.45, 7) is 1.84. The SMILES string of the molecule is CC(Nc1ncc(C(F)(F)F)cc1Cl)c1cccc(N)c1. The van der Waals surface area contributed by atoms with Crippen LogP contribution in [0, 0.1) is 0 Å². The fraction of sp³-hybridized carbons (Fsp3) is 0.214. The third kappa shape index (κ3) is 3.78. The normalized spacial score (nSPS) is 13.0. The van der Waals surface area contributed by atoms with Crippen LogP contribution in [0.1, 0.15) is 24.1 Å². The van der Waals surface area contributed by atoms with Crippen molar-refractivity contribution in [2.24, 2.45) is 0 Å². The second kappa shape index (κ2) is 5.81. The predicted molar refractivity (Wildman–Crippen MR) is 77.1 cm³/mol. The van der Waals surface area contributed by atoms with E-state index in [0.29, 0.717) is 5.69 Å². The Kier molecular flexibility index (Phi) is 4.27. The van der Waals surface area contributed by atoms with Gasteiger partial charge in [0, 0.05) is 11.9 Å². The van der Waals surface area contributed by atoms with Crippen molar-refractivity contribution in [3.8, 4) is 0 Å². The first-order valence-electron chi connectivity index (χ1n) is 6.12. The lowest BCUT2D eigenvalue weighted by molar-refractivity contribution is -0.137. The number of aromatic nitrogens is 1. The molecule has 0 aliphatic rings. The molecule has 0 fully saturated rings. The zero-order valence-corrected chi connectivity index (χ0v) is 11.8. The average Bonchev–Trinajstić information content (AvgIpc) is 2.39. The van der Waals surface area contributed by atoms with E-state index < -0.39 is 11.7 Å². The van der Waals surface area contributed by atoms with Gasteiger partial charge in [-0.15, -0.1) is 0 Å². The van der Waals surface area contributed by atoms with Crippen LogP contribution >= 0.6 is 11.6 Å². The smallest absolute Gasteiger partial charge is 0.399 e. The van der Waals surface area contributed by atoms with E-state index in [0.717, 1.165) is 17.8 Å². The van der Waals surface area contributed by atoms with Crippen molar-refractivity contribution in [2.75, 3.05) is 11.1 Å². The van der Waals surface area contributed by atoms with Gasteiger partial charge in [0.05, 0.1) is 16.6 Å². The first-order chi connectivity index (χ1) is 9.77. The van der Waals surface area contributed by atoms with Gasteiger partial charge in [0.2, 0.25) is 0 Å². The number of alkyl halides is 3. The molecule has 2 rings (SSSR count). The Balaban J connectivity index is 2.20. The van der Waals surface area contributed by atoms with Crippen LogP contribution in [0.15, 0.2) is 36.5 Å². The molecule has 2 aromatic rings. The maximum Gasteiger partial charge on any atom is 0.417 e. The van der Waals surface area contributed by atoms with E-state index in [2.05, 4.69) is 10.3 Å². The molecule has 0 saturated heterocycles. The van der Waals surface area contributed by atoms with Crippen molar-refractivity contribution >= 4 is 23.1 Å². The number of hydrogen-bond acceptors (Lipinski definition) is 3. The Labute approximate surface area is 124 Å². The van der Waals surface area contributed by atoms with E-state index >= 15 is 0 Å². The Bertz CT molecular complexity index is 644. The second-order valence-corrected chi connectivity index (χ2v) is 5.00. The molecule has 1 unspecified atom stereocenters. The number of nitrogens with one attached hydrogen (secondary N) is 1. The number of nitrogens with two attached hydrogens (primary N) is 1. The fourth-order valence-electron chi connectivity index (χ4n) is 1.82. The highest BCUT2D eigenvalue weighted by Crippen LogP contribution is 2.33. The highest BCUT2D eigenvalue weighted by atomic mass is 35.5. The number of rotatable bonds is 3. The number of halogens is 4. The van der Waals surface area contributed by atoms with Crippen molar-refractivity contribution in [3.05, 3.63) is 52.7 Å². The minimum Gasteiger partial charge on any atom is -0.399 e. The highest BCUT2D eigenvalue weighted by molar-refractivity contribution is 6.33. The summed E-state index contributed by atoms with van der Waals surface area (Å²) in [5, 5.41) is 2.88. The van der Waals surface area contributed by atoms with E-state index in [-0.39, 0.29) is 16.9 Å². The van der Waals surface area contributed by atoms with Gasteiger partial charge in [-0.25, -0.2) is 4.98 Å². The Morgan fingerprint density at radius 1 is 1.29 bits per heavy atom. The van der Waals surface area contributed by atoms with Crippen molar-refractivity contribution in [1.29, 1.82) is 0 Å². The van der Waals surface area contributed by atoms with Gasteiger partial charge in [0.15, 0.2) is 0 Å². The number of hydrogen-bond donors (Lipinski definition) is 2. The standard InChI is InChI=1S/C14H13ClF3N3/c1-8(9-3-2-4-11(19)5-9)21-13-12(15)6-10(7-20-13)14(16,17)18/h2-8H,19H2,1H3,(H,20,21). The zero-order valence-electron chi connectivity index (χ0n) is 11.1. The predicted octanol–water partition coefficient (Wildman–Crippen LogP) is 4.51. The van der Waals surface area contributed by atoms with Crippen LogP contribution in [0.3, 0.4) is 0 Å². The third-order valence-corrected chi connectivity index (χ3v) is 3.22. The van der Waals surface area contributed by atoms with Crippen LogP contribution < -0.4 is 11.1 Å². The van der Waals surface area contributed by atoms with Crippen LogP contribution in [-0.4, -0.2) is 4.98 Å². The number of nitrogen functional groups attached to an aromatic ring is 1. The molecular weight excluding hydrogens is 303 g/mol. The molecule has 21 heavy (non-hydrogen) atoms. The monoisotopic (exact) mass is 315 g/mol. The van der Waals surface area contributed by atoms with E-state index in [1.807, 2.05) is 13.0 Å². The molecule has 1 aromatic heterocycles. The van der Waals surface area contributed by atoms with Crippen LogP contribution in [0.5, 0.6) is 0 Å². The molecule has 1 aromatic carbocycles. The summed E-state index contributed by atoms with van der Waals surface area (Å²) in [5.74, 6) is 0.194. The first-order valence-corrected chi connectivity index (χ1v) is 6.50. The Morgan fingerprint density at radius 3 is 2.57 bits per heavy atom. The van der Waals surface area contributed by atoms with Gasteiger partial charge < -0.3 is 11.1 Å². The van der Waals surface area contributed by atoms with Crippen LogP contribution in [0.4, 0.5) is 24.7 Å². The van der Waals surface area contributed by atoms with Gasteiger partial charge >= 0.3 is 6.18 Å². The van der Waals surface area contributed by atoms with E-state index in [1.54, 1.807) is 18.2 Å². The molecule has 7 heteroatoms. The number of nitrogens with zero attached hydrogens (tertiary/aromatic N) is 1. The van der Waals surface area contributed by atoms with E-state index in [9.17, 15) is 13.2 Å². The van der Waals surface area contributed by atoms with Crippen molar-refractivity contribution in [1.82, 2.24) is 4.98 Å². The topological polar surface area (TPSA) is 50.9 Å². The summed E-state index contributed by atoms with van der Waals surface area (Å²) in [4.78, 5) is 3.74. The van der Waals surface area contributed by atoms with Gasteiger partial charge in [-0.2, -0.15) is 13.2 Å². The molecule has 1 heterocycles. The van der Waals surface area contributed by atoms with Crippen molar-refractivity contribution in [3.63, 3.8) is 0 Å². The van der Waals surface area contributed by atoms with E-state index in [4.69, 9.17) is 17.3 Å². The lowest BCUT2D eigenvalue weighted by Gasteiger charge is -2.17. The van der Waals surface area contributed by atoms with E-state index in [1.165, 1.54) is 0 Å². The summed E-state index contributed by atoms with van der Waals surface area (Å²) in [6, 6.07) is 7.82. The fourth-order valence-corrected chi connectivity index (χ4v) is 2.04. The molecule has 112 valence electrons. The lowest BCUT2D eigenvalue weighted by atomic mass is 10.1. The summed E-state index contributed by atoms with van der Waals surface area (Å²) in [7, 11) is 0. The Morgan fingerprint density at radius 2 is 2.00 bits per heavy atom. The molecular formula is C14H13ClF3N3. The van der Waals surface area contributed by atoms with Crippen LogP contribution in [0.25, 0.3) is 0 Å². The Hall–Kier alpha value is -1.95. The van der Waals surface area contributed by atoms with Crippen LogP contribution in [0.2, 0.25) is 5.02 Å². The van der Waals surface area contributed by atoms with Gasteiger partial charge in [0.1, 0.15) is 5.82 Å². The molecule has 0 amide bonds. The number of anilines is 2. The third-order valence-electron chi connectivity index (χ3n) is 2.93. The van der Waals surface area contributed by atoms with Crippen molar-refractivity contribution in [2.45, 2.75) is 19.1 Å². The largest absolute Gasteiger partial charge is 0.417 e. The molecule has 0 radical (unpaired) electrons.